The van der Waals surface area contributed by atoms with Gasteiger partial charge in [0.25, 0.3) is 0 Å². The Morgan fingerprint density at radius 2 is 1.72 bits per heavy atom. The van der Waals surface area contributed by atoms with Crippen LogP contribution in [0.1, 0.15) is 50.3 Å². The van der Waals surface area contributed by atoms with Crippen LogP contribution in [0.4, 0.5) is 0 Å². The smallest absolute Gasteiger partial charge is 0.0942 e. The van der Waals surface area contributed by atoms with Gasteiger partial charge < -0.3 is 5.11 Å². The first kappa shape index (κ1) is 13.6. The summed E-state index contributed by atoms with van der Waals surface area (Å²) in [5.41, 5.74) is 2.38. The van der Waals surface area contributed by atoms with E-state index in [4.69, 9.17) is 0 Å². The van der Waals surface area contributed by atoms with Crippen molar-refractivity contribution in [3.8, 4) is 0 Å². The highest BCUT2D eigenvalue weighted by molar-refractivity contribution is 5.25. The number of rotatable bonds is 4. The maximum Gasteiger partial charge on any atom is 0.0942 e. The molecule has 2 rings (SSSR count). The number of benzene rings is 1. The molecule has 1 aromatic carbocycles. The van der Waals surface area contributed by atoms with Gasteiger partial charge in [0, 0.05) is 6.04 Å². The number of likely N-dealkylation sites (tertiary alicyclic amines) is 1. The fraction of sp³-hybridized carbons (Fsp3) is 0.625. The number of piperidine rings is 1. The van der Waals surface area contributed by atoms with E-state index in [2.05, 4.69) is 43.0 Å². The standard InChI is InChI=1S/C16H25NO/c1-3-14-7-9-15(10-8-14)16(18)13(2)17-11-5-4-6-12-17/h7-10,13,16,18H,3-6,11-12H2,1-2H3. The minimum Gasteiger partial charge on any atom is -0.387 e. The van der Waals surface area contributed by atoms with Crippen LogP contribution < -0.4 is 0 Å². The van der Waals surface area contributed by atoms with E-state index in [1.807, 2.05) is 0 Å². The summed E-state index contributed by atoms with van der Waals surface area (Å²) in [5.74, 6) is 0. The second-order valence-electron chi connectivity index (χ2n) is 5.38. The molecule has 0 amide bonds. The molecule has 1 aliphatic rings. The summed E-state index contributed by atoms with van der Waals surface area (Å²) in [7, 11) is 0. The molecule has 1 aliphatic heterocycles. The summed E-state index contributed by atoms with van der Waals surface area (Å²) in [6, 6.07) is 8.62. The van der Waals surface area contributed by atoms with Crippen LogP contribution in [0.15, 0.2) is 24.3 Å². The Morgan fingerprint density at radius 3 is 2.28 bits per heavy atom. The van der Waals surface area contributed by atoms with Crippen molar-refractivity contribution in [3.63, 3.8) is 0 Å². The van der Waals surface area contributed by atoms with Gasteiger partial charge in [0.2, 0.25) is 0 Å². The summed E-state index contributed by atoms with van der Waals surface area (Å²) in [6.07, 6.45) is 4.56. The lowest BCUT2D eigenvalue weighted by Crippen LogP contribution is -2.40. The molecule has 2 heteroatoms. The van der Waals surface area contributed by atoms with Crippen molar-refractivity contribution >= 4 is 0 Å². The second-order valence-corrected chi connectivity index (χ2v) is 5.38. The van der Waals surface area contributed by atoms with E-state index in [1.54, 1.807) is 0 Å². The van der Waals surface area contributed by atoms with E-state index >= 15 is 0 Å². The Hall–Kier alpha value is -0.860. The van der Waals surface area contributed by atoms with Crippen molar-refractivity contribution in [1.82, 2.24) is 4.90 Å². The number of nitrogens with zero attached hydrogens (tertiary/aromatic N) is 1. The molecule has 1 saturated heterocycles. The molecular formula is C16H25NO. The molecule has 1 N–H and O–H groups in total. The van der Waals surface area contributed by atoms with E-state index in [0.717, 1.165) is 25.1 Å². The third kappa shape index (κ3) is 3.12. The highest BCUT2D eigenvalue weighted by Gasteiger charge is 2.24. The molecule has 0 aliphatic carbocycles. The number of hydrogen-bond donors (Lipinski definition) is 1. The fourth-order valence-electron chi connectivity index (χ4n) is 2.75. The largest absolute Gasteiger partial charge is 0.387 e. The zero-order chi connectivity index (χ0) is 13.0. The predicted molar refractivity (Wildman–Crippen MR) is 75.7 cm³/mol. The van der Waals surface area contributed by atoms with Gasteiger partial charge >= 0.3 is 0 Å². The normalized spacial score (nSPS) is 20.6. The Labute approximate surface area is 111 Å². The number of aliphatic hydroxyl groups excluding tert-OH is 1. The Kier molecular flexibility index (Phi) is 4.79. The highest BCUT2D eigenvalue weighted by Crippen LogP contribution is 2.24. The molecule has 0 radical (unpaired) electrons. The SMILES string of the molecule is CCc1ccc(C(O)C(C)N2CCCCC2)cc1. The van der Waals surface area contributed by atoms with Crippen molar-refractivity contribution in [2.75, 3.05) is 13.1 Å². The van der Waals surface area contributed by atoms with E-state index in [9.17, 15) is 5.11 Å². The number of aliphatic hydroxyl groups is 1. The Balaban J connectivity index is 2.01. The first-order valence-corrected chi connectivity index (χ1v) is 7.23. The van der Waals surface area contributed by atoms with E-state index in [1.165, 1.54) is 24.8 Å². The van der Waals surface area contributed by atoms with Crippen molar-refractivity contribution in [2.24, 2.45) is 0 Å². The van der Waals surface area contributed by atoms with Crippen LogP contribution >= 0.6 is 0 Å². The highest BCUT2D eigenvalue weighted by atomic mass is 16.3. The first-order valence-electron chi connectivity index (χ1n) is 7.23. The molecule has 0 spiro atoms. The first-order chi connectivity index (χ1) is 8.72. The minimum absolute atomic E-state index is 0.220. The molecule has 1 heterocycles. The predicted octanol–water partition coefficient (Wildman–Crippen LogP) is 3.16. The summed E-state index contributed by atoms with van der Waals surface area (Å²) in [4.78, 5) is 2.42. The van der Waals surface area contributed by atoms with Crippen LogP contribution in [-0.4, -0.2) is 29.1 Å². The summed E-state index contributed by atoms with van der Waals surface area (Å²) >= 11 is 0. The lowest BCUT2D eigenvalue weighted by molar-refractivity contribution is 0.0471. The van der Waals surface area contributed by atoms with Gasteiger partial charge in [0.1, 0.15) is 0 Å². The van der Waals surface area contributed by atoms with E-state index in [-0.39, 0.29) is 12.1 Å². The quantitative estimate of drug-likeness (QED) is 0.883. The van der Waals surface area contributed by atoms with Crippen molar-refractivity contribution in [3.05, 3.63) is 35.4 Å². The molecule has 1 aromatic rings. The van der Waals surface area contributed by atoms with E-state index < -0.39 is 0 Å². The minimum atomic E-state index is -0.367. The van der Waals surface area contributed by atoms with Crippen LogP contribution in [-0.2, 0) is 6.42 Å². The van der Waals surface area contributed by atoms with Crippen LogP contribution in [0.5, 0.6) is 0 Å². The van der Waals surface area contributed by atoms with Gasteiger partial charge in [-0.3, -0.25) is 4.90 Å². The average molecular weight is 247 g/mol. The van der Waals surface area contributed by atoms with Crippen LogP contribution in [0, 0.1) is 0 Å². The van der Waals surface area contributed by atoms with E-state index in [0.29, 0.717) is 0 Å². The molecular weight excluding hydrogens is 222 g/mol. The monoisotopic (exact) mass is 247 g/mol. The van der Waals surface area contributed by atoms with Crippen molar-refractivity contribution in [1.29, 1.82) is 0 Å². The van der Waals surface area contributed by atoms with Gasteiger partial charge in [-0.2, -0.15) is 0 Å². The molecule has 18 heavy (non-hydrogen) atoms. The van der Waals surface area contributed by atoms with Gasteiger partial charge in [0.05, 0.1) is 6.10 Å². The van der Waals surface area contributed by atoms with Gasteiger partial charge in [-0.1, -0.05) is 37.6 Å². The molecule has 0 saturated carbocycles. The number of hydrogen-bond acceptors (Lipinski definition) is 2. The van der Waals surface area contributed by atoms with Crippen molar-refractivity contribution < 1.29 is 5.11 Å². The molecule has 100 valence electrons. The Morgan fingerprint density at radius 1 is 1.11 bits per heavy atom. The van der Waals surface area contributed by atoms with Gasteiger partial charge in [-0.05, 0) is 50.4 Å². The molecule has 0 aromatic heterocycles. The molecule has 2 nitrogen and oxygen atoms in total. The summed E-state index contributed by atoms with van der Waals surface area (Å²) in [6.45, 7) is 6.56. The lowest BCUT2D eigenvalue weighted by atomic mass is 9.98. The maximum atomic E-state index is 10.5. The molecule has 0 bridgehead atoms. The summed E-state index contributed by atoms with van der Waals surface area (Å²) in [5, 5.41) is 10.5. The van der Waals surface area contributed by atoms with Gasteiger partial charge in [-0.15, -0.1) is 0 Å². The van der Waals surface area contributed by atoms with Crippen LogP contribution in [0.2, 0.25) is 0 Å². The topological polar surface area (TPSA) is 23.5 Å². The van der Waals surface area contributed by atoms with Crippen LogP contribution in [0.3, 0.4) is 0 Å². The second kappa shape index (κ2) is 6.35. The lowest BCUT2D eigenvalue weighted by Gasteiger charge is -2.35. The maximum absolute atomic E-state index is 10.5. The third-order valence-corrected chi connectivity index (χ3v) is 4.15. The fourth-order valence-corrected chi connectivity index (χ4v) is 2.75. The molecule has 2 atom stereocenters. The zero-order valence-corrected chi connectivity index (χ0v) is 11.6. The zero-order valence-electron chi connectivity index (χ0n) is 11.6. The van der Waals surface area contributed by atoms with Crippen molar-refractivity contribution in [2.45, 2.75) is 51.7 Å². The third-order valence-electron chi connectivity index (χ3n) is 4.15. The Bertz CT molecular complexity index is 354. The average Bonchev–Trinajstić information content (AvgIpc) is 2.47. The van der Waals surface area contributed by atoms with Gasteiger partial charge in [0.15, 0.2) is 0 Å². The molecule has 1 fully saturated rings. The molecule has 2 unspecified atom stereocenters. The van der Waals surface area contributed by atoms with Gasteiger partial charge in [-0.25, -0.2) is 0 Å². The van der Waals surface area contributed by atoms with Crippen LogP contribution in [0.25, 0.3) is 0 Å². The number of aryl methyl sites for hydroxylation is 1. The summed E-state index contributed by atoms with van der Waals surface area (Å²) < 4.78 is 0.